The highest BCUT2D eigenvalue weighted by Crippen LogP contribution is 2.34. The zero-order chi connectivity index (χ0) is 13.4. The Morgan fingerprint density at radius 2 is 2.21 bits per heavy atom. The van der Waals surface area contributed by atoms with Crippen LogP contribution in [0.4, 0.5) is 5.69 Å². The van der Waals surface area contributed by atoms with Crippen LogP contribution < -0.4 is 4.90 Å². The SMILES string of the molecule is O=C(O)c1cc(Br)cc(N2CCOC3CCCC32)c1. The third-order valence-electron chi connectivity index (χ3n) is 3.94. The Kier molecular flexibility index (Phi) is 3.50. The van der Waals surface area contributed by atoms with Crippen LogP contribution in [0.3, 0.4) is 0 Å². The number of ether oxygens (including phenoxy) is 1. The first-order valence-electron chi connectivity index (χ1n) is 6.57. The highest BCUT2D eigenvalue weighted by atomic mass is 79.9. The summed E-state index contributed by atoms with van der Waals surface area (Å²) in [5.74, 6) is -0.890. The average Bonchev–Trinajstić information content (AvgIpc) is 2.85. The molecule has 0 amide bonds. The van der Waals surface area contributed by atoms with E-state index in [1.165, 1.54) is 6.42 Å². The van der Waals surface area contributed by atoms with Gasteiger partial charge in [0.2, 0.25) is 0 Å². The predicted molar refractivity (Wildman–Crippen MR) is 75.8 cm³/mol. The Morgan fingerprint density at radius 1 is 1.37 bits per heavy atom. The molecule has 1 aromatic carbocycles. The molecule has 1 aromatic rings. The van der Waals surface area contributed by atoms with Crippen molar-refractivity contribution < 1.29 is 14.6 Å². The first-order chi connectivity index (χ1) is 9.15. The van der Waals surface area contributed by atoms with E-state index in [0.717, 1.165) is 36.2 Å². The summed E-state index contributed by atoms with van der Waals surface area (Å²) in [5, 5.41) is 9.16. The van der Waals surface area contributed by atoms with Crippen LogP contribution in [0.25, 0.3) is 0 Å². The fourth-order valence-corrected chi connectivity index (χ4v) is 3.59. The average molecular weight is 326 g/mol. The van der Waals surface area contributed by atoms with Gasteiger partial charge in [0, 0.05) is 16.7 Å². The lowest BCUT2D eigenvalue weighted by Gasteiger charge is -2.39. The number of hydrogen-bond acceptors (Lipinski definition) is 3. The minimum absolute atomic E-state index is 0.306. The molecule has 0 bridgehead atoms. The molecule has 1 saturated heterocycles. The normalized spacial score (nSPS) is 26.3. The lowest BCUT2D eigenvalue weighted by atomic mass is 10.1. The van der Waals surface area contributed by atoms with Crippen LogP contribution in [0.5, 0.6) is 0 Å². The molecule has 0 spiro atoms. The van der Waals surface area contributed by atoms with Gasteiger partial charge in [0.05, 0.1) is 24.3 Å². The molecule has 2 atom stereocenters. The lowest BCUT2D eigenvalue weighted by Crippen LogP contribution is -2.48. The molecule has 19 heavy (non-hydrogen) atoms. The molecule has 1 N–H and O–H groups in total. The van der Waals surface area contributed by atoms with Gasteiger partial charge in [-0.3, -0.25) is 0 Å². The summed E-state index contributed by atoms with van der Waals surface area (Å²) in [5.41, 5.74) is 1.30. The second-order valence-electron chi connectivity index (χ2n) is 5.10. The molecule has 1 aliphatic carbocycles. The van der Waals surface area contributed by atoms with Gasteiger partial charge in [-0.15, -0.1) is 0 Å². The fraction of sp³-hybridized carbons (Fsp3) is 0.500. The Labute approximate surface area is 120 Å². The zero-order valence-corrected chi connectivity index (χ0v) is 12.1. The highest BCUT2D eigenvalue weighted by Gasteiger charge is 2.36. The minimum Gasteiger partial charge on any atom is -0.478 e. The van der Waals surface area contributed by atoms with Crippen LogP contribution in [0, 0.1) is 0 Å². The highest BCUT2D eigenvalue weighted by molar-refractivity contribution is 9.10. The van der Waals surface area contributed by atoms with Crippen molar-refractivity contribution in [2.45, 2.75) is 31.4 Å². The molecule has 0 aromatic heterocycles. The number of rotatable bonds is 2. The molecule has 2 fully saturated rings. The lowest BCUT2D eigenvalue weighted by molar-refractivity contribution is 0.0256. The van der Waals surface area contributed by atoms with Crippen molar-refractivity contribution in [1.82, 2.24) is 0 Å². The topological polar surface area (TPSA) is 49.8 Å². The number of carboxylic acid groups (broad SMARTS) is 1. The van der Waals surface area contributed by atoms with Crippen molar-refractivity contribution in [3.8, 4) is 0 Å². The molecule has 1 heterocycles. The van der Waals surface area contributed by atoms with Crippen molar-refractivity contribution >= 4 is 27.6 Å². The smallest absolute Gasteiger partial charge is 0.335 e. The number of halogens is 1. The quantitative estimate of drug-likeness (QED) is 0.908. The number of morpholine rings is 1. The molecular weight excluding hydrogens is 310 g/mol. The summed E-state index contributed by atoms with van der Waals surface area (Å²) in [6.45, 7) is 1.55. The van der Waals surface area contributed by atoms with E-state index in [9.17, 15) is 4.79 Å². The van der Waals surface area contributed by atoms with E-state index in [0.29, 0.717) is 17.7 Å². The van der Waals surface area contributed by atoms with E-state index in [1.807, 2.05) is 6.07 Å². The third-order valence-corrected chi connectivity index (χ3v) is 4.40. The van der Waals surface area contributed by atoms with Gasteiger partial charge in [-0.05, 0) is 37.5 Å². The van der Waals surface area contributed by atoms with Crippen molar-refractivity contribution in [2.75, 3.05) is 18.1 Å². The maximum Gasteiger partial charge on any atom is 0.335 e. The summed E-state index contributed by atoms with van der Waals surface area (Å²) < 4.78 is 6.60. The van der Waals surface area contributed by atoms with Gasteiger partial charge in [-0.25, -0.2) is 4.79 Å². The maximum absolute atomic E-state index is 11.2. The molecule has 102 valence electrons. The second-order valence-corrected chi connectivity index (χ2v) is 6.02. The first-order valence-corrected chi connectivity index (χ1v) is 7.36. The van der Waals surface area contributed by atoms with Crippen molar-refractivity contribution in [3.63, 3.8) is 0 Å². The Morgan fingerprint density at radius 3 is 3.00 bits per heavy atom. The number of fused-ring (bicyclic) bond motifs is 1. The standard InChI is InChI=1S/C14H16BrNO3/c15-10-6-9(14(17)18)7-11(8-10)16-4-5-19-13-3-1-2-12(13)16/h6-8,12-13H,1-5H2,(H,17,18). The summed E-state index contributed by atoms with van der Waals surface area (Å²) in [4.78, 5) is 13.5. The van der Waals surface area contributed by atoms with Crippen molar-refractivity contribution in [2.24, 2.45) is 0 Å². The van der Waals surface area contributed by atoms with E-state index in [4.69, 9.17) is 9.84 Å². The molecule has 2 aliphatic rings. The molecule has 1 saturated carbocycles. The van der Waals surface area contributed by atoms with Crippen LogP contribution in [0.1, 0.15) is 29.6 Å². The van der Waals surface area contributed by atoms with E-state index in [-0.39, 0.29) is 0 Å². The van der Waals surface area contributed by atoms with E-state index in [1.54, 1.807) is 12.1 Å². The molecular formula is C14H16BrNO3. The number of anilines is 1. The Hall–Kier alpha value is -1.07. The summed E-state index contributed by atoms with van der Waals surface area (Å²) in [6, 6.07) is 5.78. The minimum atomic E-state index is -0.890. The number of aromatic carboxylic acids is 1. The van der Waals surface area contributed by atoms with E-state index >= 15 is 0 Å². The number of carbonyl (C=O) groups is 1. The summed E-state index contributed by atoms with van der Waals surface area (Å²) >= 11 is 3.40. The fourth-order valence-electron chi connectivity index (χ4n) is 3.11. The van der Waals surface area contributed by atoms with Crippen LogP contribution >= 0.6 is 15.9 Å². The molecule has 5 heteroatoms. The molecule has 2 unspecified atom stereocenters. The summed E-state index contributed by atoms with van der Waals surface area (Å²) in [6.07, 6.45) is 3.73. The van der Waals surface area contributed by atoms with Gasteiger partial charge in [-0.2, -0.15) is 0 Å². The number of hydrogen-bond donors (Lipinski definition) is 1. The van der Waals surface area contributed by atoms with Gasteiger partial charge < -0.3 is 14.7 Å². The van der Waals surface area contributed by atoms with E-state index in [2.05, 4.69) is 20.8 Å². The molecule has 4 nitrogen and oxygen atoms in total. The Balaban J connectivity index is 1.94. The van der Waals surface area contributed by atoms with Gasteiger partial charge in [0.1, 0.15) is 0 Å². The van der Waals surface area contributed by atoms with Crippen LogP contribution in [0.2, 0.25) is 0 Å². The summed E-state index contributed by atoms with van der Waals surface area (Å²) in [7, 11) is 0. The first kappa shape index (κ1) is 12.9. The van der Waals surface area contributed by atoms with Gasteiger partial charge in [0.25, 0.3) is 0 Å². The Bertz CT molecular complexity index is 505. The second kappa shape index (κ2) is 5.13. The largest absolute Gasteiger partial charge is 0.478 e. The van der Waals surface area contributed by atoms with Gasteiger partial charge in [-0.1, -0.05) is 15.9 Å². The van der Waals surface area contributed by atoms with E-state index < -0.39 is 5.97 Å². The van der Waals surface area contributed by atoms with Crippen LogP contribution in [-0.2, 0) is 4.74 Å². The van der Waals surface area contributed by atoms with Crippen LogP contribution in [0.15, 0.2) is 22.7 Å². The van der Waals surface area contributed by atoms with Crippen molar-refractivity contribution in [1.29, 1.82) is 0 Å². The molecule has 3 rings (SSSR count). The zero-order valence-electron chi connectivity index (χ0n) is 10.5. The van der Waals surface area contributed by atoms with Gasteiger partial charge in [0.15, 0.2) is 0 Å². The van der Waals surface area contributed by atoms with Crippen LogP contribution in [-0.4, -0.2) is 36.4 Å². The number of carboxylic acids is 1. The molecule has 0 radical (unpaired) electrons. The monoisotopic (exact) mass is 325 g/mol. The predicted octanol–water partition coefficient (Wildman–Crippen LogP) is 2.91. The van der Waals surface area contributed by atoms with Gasteiger partial charge >= 0.3 is 5.97 Å². The number of benzene rings is 1. The van der Waals surface area contributed by atoms with Crippen molar-refractivity contribution in [3.05, 3.63) is 28.2 Å². The maximum atomic E-state index is 11.2. The third kappa shape index (κ3) is 2.49. The number of nitrogens with zero attached hydrogens (tertiary/aromatic N) is 1. The molecule has 1 aliphatic heterocycles.